The van der Waals surface area contributed by atoms with Gasteiger partial charge in [0.25, 0.3) is 0 Å². The number of carbonyl (C=O) groups is 1. The third-order valence-corrected chi connectivity index (χ3v) is 4.25. The van der Waals surface area contributed by atoms with Crippen LogP contribution in [-0.2, 0) is 9.53 Å². The summed E-state index contributed by atoms with van der Waals surface area (Å²) in [5, 5.41) is 7.21. The second-order valence-corrected chi connectivity index (χ2v) is 6.28. The highest BCUT2D eigenvalue weighted by Crippen LogP contribution is 2.26. The molecule has 0 aliphatic rings. The van der Waals surface area contributed by atoms with E-state index in [1.165, 1.54) is 0 Å². The number of amides is 1. The Labute approximate surface area is 168 Å². The largest absolute Gasteiger partial charge is 0.460 e. The van der Waals surface area contributed by atoms with Crippen molar-refractivity contribution in [2.75, 3.05) is 31.5 Å². The number of methoxy groups -OCH3 is 1. The Hall–Kier alpha value is -2.90. The molecule has 0 radical (unpaired) electrons. The second-order valence-electron chi connectivity index (χ2n) is 6.01. The summed E-state index contributed by atoms with van der Waals surface area (Å²) in [6.07, 6.45) is 0. The molecule has 2 aromatic carbocycles. The normalized spacial score (nSPS) is 10.7. The molecule has 0 spiro atoms. The van der Waals surface area contributed by atoms with Crippen molar-refractivity contribution in [3.63, 3.8) is 0 Å². The summed E-state index contributed by atoms with van der Waals surface area (Å²) in [6, 6.07) is 15.5. The fraction of sp³-hybridized carbons (Fsp3) is 0.250. The molecule has 3 rings (SSSR count). The standard InChI is InChI=1S/C20H21ClN4O3/c1-14-5-3-4-6-17(14)19-23-20(28-12-11-27-2)24-25(19)16-9-7-15(8-10-16)22-18(26)13-21/h3-10H,11-13H2,1-2H3,(H,22,26). The van der Waals surface area contributed by atoms with E-state index in [9.17, 15) is 4.79 Å². The molecule has 0 fully saturated rings. The van der Waals surface area contributed by atoms with Crippen molar-refractivity contribution in [1.82, 2.24) is 14.8 Å². The number of aromatic nitrogens is 3. The number of carbonyl (C=O) groups excluding carboxylic acids is 1. The van der Waals surface area contributed by atoms with Crippen LogP contribution in [0.1, 0.15) is 5.56 Å². The summed E-state index contributed by atoms with van der Waals surface area (Å²) < 4.78 is 12.3. The summed E-state index contributed by atoms with van der Waals surface area (Å²) in [5.74, 6) is 0.317. The lowest BCUT2D eigenvalue weighted by atomic mass is 10.1. The monoisotopic (exact) mass is 400 g/mol. The molecular weight excluding hydrogens is 380 g/mol. The summed E-state index contributed by atoms with van der Waals surface area (Å²) in [6.45, 7) is 2.82. The van der Waals surface area contributed by atoms with Crippen molar-refractivity contribution in [1.29, 1.82) is 0 Å². The van der Waals surface area contributed by atoms with Gasteiger partial charge in [-0.2, -0.15) is 4.98 Å². The number of aryl methyl sites for hydroxylation is 1. The van der Waals surface area contributed by atoms with Gasteiger partial charge in [0.05, 0.1) is 12.3 Å². The minimum Gasteiger partial charge on any atom is -0.460 e. The first-order valence-corrected chi connectivity index (χ1v) is 9.27. The molecule has 7 nitrogen and oxygen atoms in total. The Morgan fingerprint density at radius 2 is 1.89 bits per heavy atom. The van der Waals surface area contributed by atoms with Gasteiger partial charge in [-0.3, -0.25) is 4.79 Å². The predicted molar refractivity (Wildman–Crippen MR) is 108 cm³/mol. The van der Waals surface area contributed by atoms with Gasteiger partial charge in [-0.15, -0.1) is 16.7 Å². The number of ether oxygens (including phenoxy) is 2. The molecule has 3 aromatic rings. The summed E-state index contributed by atoms with van der Waals surface area (Å²) >= 11 is 5.53. The molecule has 0 unspecified atom stereocenters. The van der Waals surface area contributed by atoms with E-state index in [4.69, 9.17) is 21.1 Å². The van der Waals surface area contributed by atoms with Crippen molar-refractivity contribution in [2.45, 2.75) is 6.92 Å². The van der Waals surface area contributed by atoms with E-state index < -0.39 is 0 Å². The molecule has 0 atom stereocenters. The SMILES string of the molecule is COCCOc1nc(-c2ccccc2C)n(-c2ccc(NC(=O)CCl)cc2)n1. The van der Waals surface area contributed by atoms with E-state index in [1.807, 2.05) is 43.3 Å². The number of benzene rings is 2. The van der Waals surface area contributed by atoms with Gasteiger partial charge in [-0.05, 0) is 36.8 Å². The number of nitrogens with zero attached hydrogens (tertiary/aromatic N) is 3. The van der Waals surface area contributed by atoms with Crippen LogP contribution in [-0.4, -0.2) is 46.9 Å². The molecule has 28 heavy (non-hydrogen) atoms. The highest BCUT2D eigenvalue weighted by molar-refractivity contribution is 6.29. The van der Waals surface area contributed by atoms with Gasteiger partial charge in [0.15, 0.2) is 5.82 Å². The van der Waals surface area contributed by atoms with Gasteiger partial charge >= 0.3 is 6.01 Å². The molecule has 146 valence electrons. The van der Waals surface area contributed by atoms with Crippen LogP contribution in [0.3, 0.4) is 0 Å². The lowest BCUT2D eigenvalue weighted by Gasteiger charge is -2.09. The fourth-order valence-corrected chi connectivity index (χ4v) is 2.70. The highest BCUT2D eigenvalue weighted by Gasteiger charge is 2.16. The molecule has 0 saturated carbocycles. The van der Waals surface area contributed by atoms with Crippen molar-refractivity contribution >= 4 is 23.2 Å². The molecule has 8 heteroatoms. The Balaban J connectivity index is 1.96. The van der Waals surface area contributed by atoms with Crippen molar-refractivity contribution in [3.05, 3.63) is 54.1 Å². The Morgan fingerprint density at radius 3 is 2.57 bits per heavy atom. The number of rotatable bonds is 8. The van der Waals surface area contributed by atoms with E-state index in [-0.39, 0.29) is 17.8 Å². The average molecular weight is 401 g/mol. The maximum absolute atomic E-state index is 11.4. The van der Waals surface area contributed by atoms with Gasteiger partial charge in [-0.25, -0.2) is 4.68 Å². The third-order valence-electron chi connectivity index (χ3n) is 4.01. The van der Waals surface area contributed by atoms with Gasteiger partial charge in [-0.1, -0.05) is 24.3 Å². The zero-order chi connectivity index (χ0) is 19.9. The van der Waals surface area contributed by atoms with Crippen molar-refractivity contribution in [3.8, 4) is 23.1 Å². The summed E-state index contributed by atoms with van der Waals surface area (Å²) in [4.78, 5) is 16.0. The Morgan fingerprint density at radius 1 is 1.14 bits per heavy atom. The first-order valence-electron chi connectivity index (χ1n) is 8.73. The molecule has 0 aliphatic heterocycles. The van der Waals surface area contributed by atoms with Crippen molar-refractivity contribution < 1.29 is 14.3 Å². The predicted octanol–water partition coefficient (Wildman–Crippen LogP) is 3.45. The van der Waals surface area contributed by atoms with E-state index in [2.05, 4.69) is 15.4 Å². The lowest BCUT2D eigenvalue weighted by Crippen LogP contribution is -2.12. The van der Waals surface area contributed by atoms with Crippen LogP contribution in [0.15, 0.2) is 48.5 Å². The maximum Gasteiger partial charge on any atom is 0.336 e. The quantitative estimate of drug-likeness (QED) is 0.463. The second kappa shape index (κ2) is 9.34. The van der Waals surface area contributed by atoms with E-state index in [1.54, 1.807) is 23.9 Å². The van der Waals surface area contributed by atoms with Gasteiger partial charge < -0.3 is 14.8 Å². The van der Waals surface area contributed by atoms with Crippen LogP contribution >= 0.6 is 11.6 Å². The number of hydrogen-bond donors (Lipinski definition) is 1. The number of anilines is 1. The minimum absolute atomic E-state index is 0.0928. The highest BCUT2D eigenvalue weighted by atomic mass is 35.5. The summed E-state index contributed by atoms with van der Waals surface area (Å²) in [7, 11) is 1.61. The number of alkyl halides is 1. The van der Waals surface area contributed by atoms with E-state index in [0.29, 0.717) is 24.7 Å². The molecule has 0 saturated heterocycles. The number of halogens is 1. The smallest absolute Gasteiger partial charge is 0.336 e. The first-order chi connectivity index (χ1) is 13.6. The van der Waals surface area contributed by atoms with Crippen LogP contribution < -0.4 is 10.1 Å². The maximum atomic E-state index is 11.4. The summed E-state index contributed by atoms with van der Waals surface area (Å²) in [5.41, 5.74) is 3.47. The third kappa shape index (κ3) is 4.68. The van der Waals surface area contributed by atoms with Crippen LogP contribution in [0.2, 0.25) is 0 Å². The van der Waals surface area contributed by atoms with Gasteiger partial charge in [0.2, 0.25) is 5.91 Å². The topological polar surface area (TPSA) is 78.3 Å². The molecule has 1 heterocycles. The first kappa shape index (κ1) is 19.9. The Kier molecular flexibility index (Phi) is 6.62. The number of hydrogen-bond acceptors (Lipinski definition) is 5. The zero-order valence-corrected chi connectivity index (χ0v) is 16.4. The molecule has 0 bridgehead atoms. The van der Waals surface area contributed by atoms with Crippen LogP contribution in [0.4, 0.5) is 5.69 Å². The van der Waals surface area contributed by atoms with Gasteiger partial charge in [0.1, 0.15) is 12.5 Å². The molecule has 0 aliphatic carbocycles. The lowest BCUT2D eigenvalue weighted by molar-refractivity contribution is -0.113. The van der Waals surface area contributed by atoms with Gasteiger partial charge in [0, 0.05) is 18.4 Å². The van der Waals surface area contributed by atoms with Crippen molar-refractivity contribution in [2.24, 2.45) is 0 Å². The molecular formula is C20H21ClN4O3. The van der Waals surface area contributed by atoms with Crippen LogP contribution in [0.25, 0.3) is 17.1 Å². The van der Waals surface area contributed by atoms with E-state index in [0.717, 1.165) is 16.8 Å². The minimum atomic E-state index is -0.260. The fourth-order valence-electron chi connectivity index (χ4n) is 2.63. The Bertz CT molecular complexity index is 941. The number of nitrogens with one attached hydrogen (secondary N) is 1. The molecule has 1 aromatic heterocycles. The van der Waals surface area contributed by atoms with Crippen LogP contribution in [0.5, 0.6) is 6.01 Å². The molecule has 1 N–H and O–H groups in total. The zero-order valence-electron chi connectivity index (χ0n) is 15.7. The molecule has 1 amide bonds. The van der Waals surface area contributed by atoms with Crippen LogP contribution in [0, 0.1) is 6.92 Å². The van der Waals surface area contributed by atoms with E-state index >= 15 is 0 Å². The average Bonchev–Trinajstić information content (AvgIpc) is 3.13.